The van der Waals surface area contributed by atoms with Crippen LogP contribution in [0.3, 0.4) is 0 Å². The summed E-state index contributed by atoms with van der Waals surface area (Å²) in [6, 6.07) is 17.2. The standard InChI is InChI=1S/C36H42N10/c1-2-3-4-6-18-42-20-9-32(10-21-42)33-11-22-43(23-12-33)19-7-5-8-36-31-46(41-39-36)30-29-45-26-15-35(16-27-45)34-13-24-44(25-14-34)28-17-38-40-37/h1,9-16,20-27,31H,3-8,17-19,28-30H2/q+4. The maximum Gasteiger partial charge on any atom is 0.169 e. The van der Waals surface area contributed by atoms with Crippen molar-refractivity contribution in [2.45, 2.75) is 71.2 Å². The van der Waals surface area contributed by atoms with Gasteiger partial charge in [0.05, 0.1) is 12.2 Å². The van der Waals surface area contributed by atoms with E-state index in [1.807, 2.05) is 21.6 Å². The molecule has 5 aromatic heterocycles. The van der Waals surface area contributed by atoms with Gasteiger partial charge in [0.25, 0.3) is 0 Å². The van der Waals surface area contributed by atoms with Gasteiger partial charge in [0.15, 0.2) is 62.7 Å². The molecule has 0 aromatic carbocycles. The second-order valence-corrected chi connectivity index (χ2v) is 11.3. The van der Waals surface area contributed by atoms with E-state index in [0.717, 1.165) is 81.5 Å². The minimum Gasteiger partial charge on any atom is -0.246 e. The van der Waals surface area contributed by atoms with Crippen molar-refractivity contribution in [2.75, 3.05) is 6.54 Å². The number of aryl methyl sites for hydroxylation is 5. The first-order chi connectivity index (χ1) is 22.7. The van der Waals surface area contributed by atoms with E-state index >= 15 is 0 Å². The number of rotatable bonds is 17. The summed E-state index contributed by atoms with van der Waals surface area (Å²) in [5.74, 6) is 2.71. The lowest BCUT2D eigenvalue weighted by molar-refractivity contribution is -0.698. The van der Waals surface area contributed by atoms with E-state index in [0.29, 0.717) is 13.1 Å². The van der Waals surface area contributed by atoms with Gasteiger partial charge in [-0.25, -0.2) is 23.0 Å². The number of unbranched alkanes of at least 4 members (excludes halogenated alkanes) is 3. The van der Waals surface area contributed by atoms with Gasteiger partial charge in [-0.3, -0.25) is 0 Å². The minimum atomic E-state index is 0.444. The first-order valence-corrected chi connectivity index (χ1v) is 16.0. The number of terminal acetylenes is 1. The Kier molecular flexibility index (Phi) is 12.0. The summed E-state index contributed by atoms with van der Waals surface area (Å²) in [6.45, 7) is 4.68. The number of pyridine rings is 4. The highest BCUT2D eigenvalue weighted by molar-refractivity contribution is 5.61. The Balaban J connectivity index is 1.00. The second-order valence-electron chi connectivity index (χ2n) is 11.3. The van der Waals surface area contributed by atoms with Crippen molar-refractivity contribution in [3.63, 3.8) is 0 Å². The van der Waals surface area contributed by atoms with Crippen molar-refractivity contribution in [1.82, 2.24) is 15.0 Å². The molecule has 0 fully saturated rings. The third kappa shape index (κ3) is 9.81. The molecule has 10 nitrogen and oxygen atoms in total. The molecule has 10 heteroatoms. The molecule has 0 aliphatic carbocycles. The molecule has 0 unspecified atom stereocenters. The average Bonchev–Trinajstić information content (AvgIpc) is 3.57. The van der Waals surface area contributed by atoms with Crippen LogP contribution in [-0.2, 0) is 39.1 Å². The highest BCUT2D eigenvalue weighted by Crippen LogP contribution is 2.16. The number of azide groups is 1. The highest BCUT2D eigenvalue weighted by Gasteiger charge is 2.09. The normalized spacial score (nSPS) is 10.8. The Morgan fingerprint density at radius 1 is 0.674 bits per heavy atom. The monoisotopic (exact) mass is 614 g/mol. The maximum atomic E-state index is 8.43. The van der Waals surface area contributed by atoms with Crippen LogP contribution in [0.25, 0.3) is 32.7 Å². The molecule has 0 spiro atoms. The summed E-state index contributed by atoms with van der Waals surface area (Å²) in [6.07, 6.45) is 30.4. The smallest absolute Gasteiger partial charge is 0.169 e. The highest BCUT2D eigenvalue weighted by atomic mass is 15.4. The van der Waals surface area contributed by atoms with Crippen LogP contribution in [0.4, 0.5) is 0 Å². The van der Waals surface area contributed by atoms with Crippen LogP contribution in [-0.4, -0.2) is 21.5 Å². The molecule has 46 heavy (non-hydrogen) atoms. The second kappa shape index (κ2) is 17.2. The van der Waals surface area contributed by atoms with E-state index in [1.54, 1.807) is 0 Å². The molecule has 0 atom stereocenters. The fourth-order valence-corrected chi connectivity index (χ4v) is 5.30. The molecule has 5 rings (SSSR count). The van der Waals surface area contributed by atoms with Gasteiger partial charge in [-0.2, -0.15) is 0 Å². The van der Waals surface area contributed by atoms with E-state index in [4.69, 9.17) is 12.0 Å². The van der Waals surface area contributed by atoms with Crippen molar-refractivity contribution in [1.29, 1.82) is 0 Å². The van der Waals surface area contributed by atoms with Crippen LogP contribution in [0, 0.1) is 12.3 Å². The van der Waals surface area contributed by atoms with E-state index in [2.05, 4.69) is 132 Å². The molecule has 5 aromatic rings. The molecule has 0 aliphatic heterocycles. The molecule has 0 amide bonds. The van der Waals surface area contributed by atoms with E-state index in [-0.39, 0.29) is 0 Å². The van der Waals surface area contributed by atoms with Crippen LogP contribution in [0.15, 0.2) is 109 Å². The summed E-state index contributed by atoms with van der Waals surface area (Å²) in [5.41, 5.74) is 14.2. The van der Waals surface area contributed by atoms with Crippen molar-refractivity contribution in [3.8, 4) is 34.6 Å². The Morgan fingerprint density at radius 3 is 1.65 bits per heavy atom. The predicted molar refractivity (Wildman–Crippen MR) is 174 cm³/mol. The van der Waals surface area contributed by atoms with E-state index in [9.17, 15) is 0 Å². The lowest BCUT2D eigenvalue weighted by Gasteiger charge is -2.02. The Morgan fingerprint density at radius 2 is 1.15 bits per heavy atom. The van der Waals surface area contributed by atoms with Gasteiger partial charge < -0.3 is 0 Å². The van der Waals surface area contributed by atoms with Gasteiger partial charge in [-0.05, 0) is 47.0 Å². The zero-order valence-electron chi connectivity index (χ0n) is 26.3. The molecule has 0 saturated heterocycles. The molecule has 232 valence electrons. The Labute approximate surface area is 270 Å². The van der Waals surface area contributed by atoms with Gasteiger partial charge in [0, 0.05) is 78.9 Å². The summed E-state index contributed by atoms with van der Waals surface area (Å²) >= 11 is 0. The molecule has 5 heterocycles. The zero-order valence-corrected chi connectivity index (χ0v) is 26.3. The van der Waals surface area contributed by atoms with Crippen LogP contribution >= 0.6 is 0 Å². The van der Waals surface area contributed by atoms with Crippen LogP contribution in [0.5, 0.6) is 0 Å². The molecule has 0 radical (unpaired) electrons. The summed E-state index contributed by atoms with van der Waals surface area (Å²) in [7, 11) is 0. The van der Waals surface area contributed by atoms with Crippen molar-refractivity contribution in [2.24, 2.45) is 5.11 Å². The first kappa shape index (κ1) is 32.0. The number of aromatic nitrogens is 7. The van der Waals surface area contributed by atoms with E-state index < -0.39 is 0 Å². The van der Waals surface area contributed by atoms with Gasteiger partial charge >= 0.3 is 0 Å². The van der Waals surface area contributed by atoms with Gasteiger partial charge in [-0.1, -0.05) is 10.3 Å². The molecule has 0 saturated carbocycles. The molecule has 0 aliphatic rings. The lowest BCUT2D eigenvalue weighted by atomic mass is 10.1. The Bertz CT molecular complexity index is 1730. The molecular weight excluding hydrogens is 572 g/mol. The minimum absolute atomic E-state index is 0.444. The van der Waals surface area contributed by atoms with Gasteiger partial charge in [-0.15, -0.1) is 17.4 Å². The molecule has 0 bridgehead atoms. The maximum absolute atomic E-state index is 8.43. The first-order valence-electron chi connectivity index (χ1n) is 16.0. The number of hydrogen-bond acceptors (Lipinski definition) is 3. The topological polar surface area (TPSA) is 95.0 Å². The lowest BCUT2D eigenvalue weighted by Crippen LogP contribution is -2.35. The largest absolute Gasteiger partial charge is 0.246 e. The number of hydrogen-bond donors (Lipinski definition) is 0. The average molecular weight is 615 g/mol. The molecular formula is C36H42N10+4. The molecule has 0 N–H and O–H groups in total. The predicted octanol–water partition coefficient (Wildman–Crippen LogP) is 4.60. The quantitative estimate of drug-likeness (QED) is 0.0382. The SMILES string of the molecule is C#CCCCC[n+]1ccc(-c2cc[n+](CCCCc3cn(CC[n+]4ccc(-c5cc[n+](CCN=[N+]=[N-])cc5)cc4)nn3)cc2)cc1. The summed E-state index contributed by atoms with van der Waals surface area (Å²) in [5, 5.41) is 12.3. The van der Waals surface area contributed by atoms with Crippen LogP contribution < -0.4 is 18.3 Å². The summed E-state index contributed by atoms with van der Waals surface area (Å²) in [4.78, 5) is 2.80. The third-order valence-electron chi connectivity index (χ3n) is 8.01. The van der Waals surface area contributed by atoms with Gasteiger partial charge in [0.1, 0.15) is 19.6 Å². The van der Waals surface area contributed by atoms with Crippen LogP contribution in [0.1, 0.15) is 37.8 Å². The van der Waals surface area contributed by atoms with Gasteiger partial charge in [0.2, 0.25) is 0 Å². The van der Waals surface area contributed by atoms with Crippen molar-refractivity contribution in [3.05, 3.63) is 120 Å². The zero-order chi connectivity index (χ0) is 31.8. The number of nitrogens with zero attached hydrogens (tertiary/aromatic N) is 10. The fourth-order valence-electron chi connectivity index (χ4n) is 5.30. The fraction of sp³-hybridized carbons (Fsp3) is 0.333. The van der Waals surface area contributed by atoms with Crippen molar-refractivity contribution >= 4 is 0 Å². The third-order valence-corrected chi connectivity index (χ3v) is 8.01. The van der Waals surface area contributed by atoms with E-state index in [1.165, 1.54) is 11.1 Å². The Hall–Kier alpha value is -5.39. The van der Waals surface area contributed by atoms with Crippen molar-refractivity contribution < 1.29 is 18.3 Å². The summed E-state index contributed by atoms with van der Waals surface area (Å²) < 4.78 is 10.6. The van der Waals surface area contributed by atoms with Crippen LogP contribution in [0.2, 0.25) is 0 Å².